The summed E-state index contributed by atoms with van der Waals surface area (Å²) in [5, 5.41) is 8.13. The van der Waals surface area contributed by atoms with Crippen molar-refractivity contribution in [3.63, 3.8) is 0 Å². The summed E-state index contributed by atoms with van der Waals surface area (Å²) in [6.07, 6.45) is 3.53. The van der Waals surface area contributed by atoms with Crippen molar-refractivity contribution in [3.8, 4) is 11.7 Å². The van der Waals surface area contributed by atoms with E-state index < -0.39 is 0 Å². The van der Waals surface area contributed by atoms with Crippen LogP contribution in [0.1, 0.15) is 25.2 Å². The van der Waals surface area contributed by atoms with Crippen LogP contribution in [0.4, 0.5) is 0 Å². The molecule has 2 aromatic heterocycles. The lowest BCUT2D eigenvalue weighted by atomic mass is 9.94. The van der Waals surface area contributed by atoms with Gasteiger partial charge in [-0.05, 0) is 72.9 Å². The zero-order valence-corrected chi connectivity index (χ0v) is 13.4. The number of hydrogen-bond acceptors (Lipinski definition) is 6. The standard InChI is InChI=1S/C14H19BrN4O2/c15-12-2-1-11(20-12)14-18-17-13(21-14)9-19-7-4-10(3-6-16)5-8-19/h1-2,10H,3-9,16H2. The number of halogens is 1. The summed E-state index contributed by atoms with van der Waals surface area (Å²) >= 11 is 3.26. The predicted octanol–water partition coefficient (Wildman–Crippen LogP) is 2.65. The third kappa shape index (κ3) is 3.72. The Balaban J connectivity index is 1.56. The lowest BCUT2D eigenvalue weighted by Crippen LogP contribution is -2.33. The molecule has 1 saturated heterocycles. The number of aromatic nitrogens is 2. The molecule has 1 aliphatic rings. The van der Waals surface area contributed by atoms with Crippen LogP contribution in [0.3, 0.4) is 0 Å². The Labute approximate surface area is 131 Å². The van der Waals surface area contributed by atoms with E-state index in [1.54, 1.807) is 12.1 Å². The first-order valence-corrected chi connectivity index (χ1v) is 8.04. The molecular formula is C14H19BrN4O2. The van der Waals surface area contributed by atoms with Crippen LogP contribution in [0.15, 0.2) is 25.6 Å². The summed E-state index contributed by atoms with van der Waals surface area (Å²) in [6.45, 7) is 3.62. The van der Waals surface area contributed by atoms with Gasteiger partial charge < -0.3 is 14.6 Å². The number of nitrogens with zero attached hydrogens (tertiary/aromatic N) is 3. The average Bonchev–Trinajstić information content (AvgIpc) is 3.10. The molecule has 0 spiro atoms. The molecule has 1 aliphatic heterocycles. The van der Waals surface area contributed by atoms with Crippen molar-refractivity contribution < 1.29 is 8.83 Å². The van der Waals surface area contributed by atoms with Crippen LogP contribution in [0.2, 0.25) is 0 Å². The molecule has 2 N–H and O–H groups in total. The molecular weight excluding hydrogens is 336 g/mol. The van der Waals surface area contributed by atoms with Gasteiger partial charge in [0.1, 0.15) is 0 Å². The maximum Gasteiger partial charge on any atom is 0.283 e. The molecule has 21 heavy (non-hydrogen) atoms. The minimum absolute atomic E-state index is 0.425. The van der Waals surface area contributed by atoms with Gasteiger partial charge in [0.15, 0.2) is 10.4 Å². The van der Waals surface area contributed by atoms with E-state index in [-0.39, 0.29) is 0 Å². The summed E-state index contributed by atoms with van der Waals surface area (Å²) in [5.74, 6) is 2.41. The zero-order valence-electron chi connectivity index (χ0n) is 11.8. The van der Waals surface area contributed by atoms with Crippen molar-refractivity contribution >= 4 is 15.9 Å². The monoisotopic (exact) mass is 354 g/mol. The second-order valence-corrected chi connectivity index (χ2v) is 6.18. The minimum Gasteiger partial charge on any atom is -0.444 e. The van der Waals surface area contributed by atoms with Crippen LogP contribution in [-0.4, -0.2) is 34.7 Å². The largest absolute Gasteiger partial charge is 0.444 e. The van der Waals surface area contributed by atoms with Crippen molar-refractivity contribution in [1.29, 1.82) is 0 Å². The molecule has 0 unspecified atom stereocenters. The molecule has 1 fully saturated rings. The Morgan fingerprint density at radius 1 is 1.24 bits per heavy atom. The molecule has 6 nitrogen and oxygen atoms in total. The van der Waals surface area contributed by atoms with Gasteiger partial charge in [0.25, 0.3) is 5.89 Å². The maximum absolute atomic E-state index is 5.66. The van der Waals surface area contributed by atoms with Gasteiger partial charge in [-0.25, -0.2) is 0 Å². The van der Waals surface area contributed by atoms with E-state index in [1.807, 2.05) is 0 Å². The van der Waals surface area contributed by atoms with Gasteiger partial charge in [0.2, 0.25) is 5.89 Å². The Bertz CT molecular complexity index is 575. The Hall–Kier alpha value is -1.18. The van der Waals surface area contributed by atoms with Crippen molar-refractivity contribution in [1.82, 2.24) is 15.1 Å². The van der Waals surface area contributed by atoms with Gasteiger partial charge >= 0.3 is 0 Å². The molecule has 0 atom stereocenters. The van der Waals surface area contributed by atoms with Gasteiger partial charge in [0, 0.05) is 0 Å². The van der Waals surface area contributed by atoms with E-state index in [9.17, 15) is 0 Å². The average molecular weight is 355 g/mol. The van der Waals surface area contributed by atoms with E-state index in [4.69, 9.17) is 14.6 Å². The first-order valence-electron chi connectivity index (χ1n) is 7.25. The van der Waals surface area contributed by atoms with Crippen molar-refractivity contribution in [2.75, 3.05) is 19.6 Å². The summed E-state index contributed by atoms with van der Waals surface area (Å²) in [6, 6.07) is 3.61. The highest BCUT2D eigenvalue weighted by Crippen LogP contribution is 2.25. The van der Waals surface area contributed by atoms with Crippen LogP contribution < -0.4 is 5.73 Å². The number of hydrogen-bond donors (Lipinski definition) is 1. The summed E-state index contributed by atoms with van der Waals surface area (Å²) in [4.78, 5) is 2.35. The maximum atomic E-state index is 5.66. The highest BCUT2D eigenvalue weighted by atomic mass is 79.9. The second kappa shape index (κ2) is 6.72. The van der Waals surface area contributed by atoms with E-state index >= 15 is 0 Å². The quantitative estimate of drug-likeness (QED) is 0.888. The summed E-state index contributed by atoms with van der Waals surface area (Å²) < 4.78 is 11.7. The molecule has 0 aromatic carbocycles. The zero-order chi connectivity index (χ0) is 14.7. The number of likely N-dealkylation sites (tertiary alicyclic amines) is 1. The predicted molar refractivity (Wildman–Crippen MR) is 81.4 cm³/mol. The van der Waals surface area contributed by atoms with Crippen LogP contribution in [0.25, 0.3) is 11.7 Å². The molecule has 0 radical (unpaired) electrons. The van der Waals surface area contributed by atoms with Crippen LogP contribution >= 0.6 is 15.9 Å². The SMILES string of the molecule is NCCC1CCN(Cc2nnc(-c3ccc(Br)o3)o2)CC1. The number of nitrogens with two attached hydrogens (primary N) is 1. The first-order chi connectivity index (χ1) is 10.2. The summed E-state index contributed by atoms with van der Waals surface area (Å²) in [7, 11) is 0. The van der Waals surface area contributed by atoms with Crippen LogP contribution in [-0.2, 0) is 6.54 Å². The fraction of sp³-hybridized carbons (Fsp3) is 0.571. The number of furan rings is 1. The molecule has 0 bridgehead atoms. The van der Waals surface area contributed by atoms with Gasteiger partial charge in [-0.15, -0.1) is 10.2 Å². The van der Waals surface area contributed by atoms with Crippen molar-refractivity contribution in [3.05, 3.63) is 22.7 Å². The molecule has 0 amide bonds. The first kappa shape index (κ1) is 14.7. The van der Waals surface area contributed by atoms with Crippen molar-refractivity contribution in [2.24, 2.45) is 11.7 Å². The van der Waals surface area contributed by atoms with Gasteiger partial charge in [-0.2, -0.15) is 0 Å². The fourth-order valence-corrected chi connectivity index (χ4v) is 3.01. The second-order valence-electron chi connectivity index (χ2n) is 5.40. The van der Waals surface area contributed by atoms with E-state index in [1.165, 1.54) is 12.8 Å². The summed E-state index contributed by atoms with van der Waals surface area (Å²) in [5.41, 5.74) is 5.62. The molecule has 7 heteroatoms. The number of piperidine rings is 1. The van der Waals surface area contributed by atoms with E-state index in [2.05, 4.69) is 31.0 Å². The Morgan fingerprint density at radius 3 is 2.71 bits per heavy atom. The molecule has 3 heterocycles. The lowest BCUT2D eigenvalue weighted by molar-refractivity contribution is 0.161. The van der Waals surface area contributed by atoms with Crippen LogP contribution in [0.5, 0.6) is 0 Å². The number of rotatable bonds is 5. The molecule has 0 saturated carbocycles. The van der Waals surface area contributed by atoms with Gasteiger partial charge in [-0.1, -0.05) is 0 Å². The smallest absolute Gasteiger partial charge is 0.283 e. The Morgan fingerprint density at radius 2 is 2.05 bits per heavy atom. The van der Waals surface area contributed by atoms with Crippen molar-refractivity contribution in [2.45, 2.75) is 25.8 Å². The van der Waals surface area contributed by atoms with E-state index in [0.717, 1.165) is 32.0 Å². The lowest BCUT2D eigenvalue weighted by Gasteiger charge is -2.30. The molecule has 2 aromatic rings. The van der Waals surface area contributed by atoms with Gasteiger partial charge in [0.05, 0.1) is 6.54 Å². The normalized spacial score (nSPS) is 17.4. The molecule has 3 rings (SSSR count). The Kier molecular flexibility index (Phi) is 4.72. The molecule has 114 valence electrons. The third-order valence-electron chi connectivity index (χ3n) is 3.89. The highest BCUT2D eigenvalue weighted by Gasteiger charge is 2.21. The highest BCUT2D eigenvalue weighted by molar-refractivity contribution is 9.10. The van der Waals surface area contributed by atoms with Crippen LogP contribution in [0, 0.1) is 5.92 Å². The fourth-order valence-electron chi connectivity index (χ4n) is 2.71. The minimum atomic E-state index is 0.425. The van der Waals surface area contributed by atoms with E-state index in [0.29, 0.717) is 28.8 Å². The topological polar surface area (TPSA) is 81.3 Å². The third-order valence-corrected chi connectivity index (χ3v) is 4.32. The van der Waals surface area contributed by atoms with Gasteiger partial charge in [-0.3, -0.25) is 4.90 Å². The molecule has 0 aliphatic carbocycles.